The molecule has 1 unspecified atom stereocenters. The number of phenolic OH excluding ortho intramolecular Hbond substituents is 3. The number of aliphatic hydroxyl groups is 1. The van der Waals surface area contributed by atoms with Gasteiger partial charge in [0.15, 0.2) is 0 Å². The number of carboxylic acids is 1. The van der Waals surface area contributed by atoms with Crippen LogP contribution in [0.25, 0.3) is 0 Å². The van der Waals surface area contributed by atoms with Crippen LogP contribution in [-0.2, 0) is 19.0 Å². The first-order valence-corrected chi connectivity index (χ1v) is 19.5. The van der Waals surface area contributed by atoms with E-state index < -0.39 is 23.8 Å². The zero-order valence-electron chi connectivity index (χ0n) is 36.4. The Balaban J connectivity index is 0. The van der Waals surface area contributed by atoms with Crippen LogP contribution in [0.1, 0.15) is 87.1 Å². The van der Waals surface area contributed by atoms with Gasteiger partial charge in [0, 0.05) is 24.6 Å². The minimum absolute atomic E-state index is 0. The maximum absolute atomic E-state index is 11.3. The van der Waals surface area contributed by atoms with Crippen LogP contribution < -0.4 is 4.74 Å². The highest BCUT2D eigenvalue weighted by molar-refractivity contribution is 5.93. The molecule has 0 aliphatic heterocycles. The summed E-state index contributed by atoms with van der Waals surface area (Å²) in [5.74, 6) is -1.34. The summed E-state index contributed by atoms with van der Waals surface area (Å²) in [5, 5.41) is 46.1. The van der Waals surface area contributed by atoms with Gasteiger partial charge in [-0.3, -0.25) is 4.79 Å². The maximum Gasteiger partial charge on any atom is 0.341 e. The van der Waals surface area contributed by atoms with Crippen molar-refractivity contribution in [3.05, 3.63) is 161 Å². The van der Waals surface area contributed by atoms with E-state index in [0.29, 0.717) is 17.3 Å². The molecule has 4 aromatic carbocycles. The number of aryl methyl sites for hydroxylation is 1. The van der Waals surface area contributed by atoms with E-state index in [2.05, 4.69) is 34.6 Å². The highest BCUT2D eigenvalue weighted by Crippen LogP contribution is 2.29. The smallest absolute Gasteiger partial charge is 0.341 e. The van der Waals surface area contributed by atoms with Crippen LogP contribution >= 0.6 is 0 Å². The van der Waals surface area contributed by atoms with E-state index in [1.165, 1.54) is 50.1 Å². The standard InChI is InChI=1S/C14H12O4.C13H14O4.C8H8O4.C7H8.3C2H6.H2O/c1-17-14(16)12-8-7-11(9-13(12)15)18-10-5-3-2-4-6-10;14-12-8-10(6-7-11(12)13(15)16)17-9-4-2-1-3-5-9;1-12-8(11)6-3-2-5(9)4-7(6)10;1-7-5-3-2-4-6-7;3*1-2;/h2-9,15H,1H3;1-2,4,6,8,11,14H,3,5,7H2,(H,15,16);2-4,9-10H,1H3;2-6H,1H3;3*1-2H3;1H2. The van der Waals surface area contributed by atoms with Crippen LogP contribution in [0, 0.1) is 12.8 Å². The molecule has 0 spiro atoms. The second-order valence-electron chi connectivity index (χ2n) is 11.4. The fourth-order valence-corrected chi connectivity index (χ4v) is 4.59. The average Bonchev–Trinajstić information content (AvgIpc) is 3.27. The Morgan fingerprint density at radius 3 is 1.61 bits per heavy atom. The van der Waals surface area contributed by atoms with Gasteiger partial charge in [-0.1, -0.05) is 108 Å². The van der Waals surface area contributed by atoms with E-state index in [4.69, 9.17) is 24.8 Å². The second-order valence-corrected chi connectivity index (χ2v) is 11.4. The predicted octanol–water partition coefficient (Wildman–Crippen LogP) is 10.8. The third kappa shape index (κ3) is 21.5. The van der Waals surface area contributed by atoms with Crippen LogP contribution in [0.2, 0.25) is 0 Å². The molecule has 332 valence electrons. The number of methoxy groups -OCH3 is 2. The minimum atomic E-state index is -1.02. The summed E-state index contributed by atoms with van der Waals surface area (Å²) in [6.07, 6.45) is 10.9. The zero-order valence-corrected chi connectivity index (χ0v) is 36.4. The monoisotopic (exact) mass is 846 g/mol. The summed E-state index contributed by atoms with van der Waals surface area (Å²) in [5.41, 5.74) is 1.47. The lowest BCUT2D eigenvalue weighted by Gasteiger charge is -2.18. The fraction of sp³-hybridized carbons (Fsp3) is 0.271. The van der Waals surface area contributed by atoms with E-state index >= 15 is 0 Å². The molecule has 13 heteroatoms. The van der Waals surface area contributed by atoms with Crippen LogP contribution in [0.5, 0.6) is 28.7 Å². The number of ether oxygens (including phenoxy) is 4. The van der Waals surface area contributed by atoms with Crippen molar-refractivity contribution in [3.8, 4) is 28.7 Å². The number of aliphatic carboxylic acids is 1. The second kappa shape index (κ2) is 32.9. The van der Waals surface area contributed by atoms with Crippen LogP contribution in [0.4, 0.5) is 0 Å². The van der Waals surface area contributed by atoms with Gasteiger partial charge in [-0.2, -0.15) is 0 Å². The molecule has 0 bridgehead atoms. The fourth-order valence-electron chi connectivity index (χ4n) is 4.59. The number of allylic oxidation sites excluding steroid dienone is 6. The van der Waals surface area contributed by atoms with Gasteiger partial charge in [0.1, 0.15) is 63.1 Å². The molecule has 61 heavy (non-hydrogen) atoms. The van der Waals surface area contributed by atoms with Gasteiger partial charge >= 0.3 is 17.9 Å². The Labute approximate surface area is 359 Å². The van der Waals surface area contributed by atoms with E-state index in [-0.39, 0.29) is 46.0 Å². The number of hydrogen-bond donors (Lipinski definition) is 5. The molecule has 6 rings (SSSR count). The van der Waals surface area contributed by atoms with Gasteiger partial charge in [0.05, 0.1) is 14.2 Å². The zero-order chi connectivity index (χ0) is 45.5. The minimum Gasteiger partial charge on any atom is -0.511 e. The lowest BCUT2D eigenvalue weighted by atomic mass is 9.98. The summed E-state index contributed by atoms with van der Waals surface area (Å²) < 4.78 is 20.0. The first-order chi connectivity index (χ1) is 28.9. The van der Waals surface area contributed by atoms with E-state index in [1.807, 2.05) is 90.1 Å². The molecule has 0 fully saturated rings. The number of aliphatic hydroxyl groups excluding tert-OH is 1. The van der Waals surface area contributed by atoms with E-state index in [1.54, 1.807) is 24.3 Å². The van der Waals surface area contributed by atoms with E-state index in [9.17, 15) is 24.6 Å². The Kier molecular flexibility index (Phi) is 30.3. The molecule has 0 heterocycles. The number of carboxylic acid groups (broad SMARTS) is 1. The van der Waals surface area contributed by atoms with Crippen molar-refractivity contribution in [3.63, 3.8) is 0 Å². The highest BCUT2D eigenvalue weighted by atomic mass is 16.5. The van der Waals surface area contributed by atoms with Crippen molar-refractivity contribution in [1.82, 2.24) is 0 Å². The van der Waals surface area contributed by atoms with Crippen LogP contribution in [0.3, 0.4) is 0 Å². The topological polar surface area (TPSA) is 221 Å². The maximum atomic E-state index is 11.3. The van der Waals surface area contributed by atoms with Gasteiger partial charge in [0.25, 0.3) is 0 Å². The Morgan fingerprint density at radius 1 is 0.656 bits per heavy atom. The number of para-hydroxylation sites is 1. The van der Waals surface area contributed by atoms with Crippen molar-refractivity contribution in [2.24, 2.45) is 5.92 Å². The Morgan fingerprint density at radius 2 is 1.18 bits per heavy atom. The molecular weight excluding hydrogens is 785 g/mol. The first kappa shape index (κ1) is 56.1. The van der Waals surface area contributed by atoms with Crippen molar-refractivity contribution in [2.45, 2.75) is 67.7 Å². The van der Waals surface area contributed by atoms with Gasteiger partial charge in [0.2, 0.25) is 0 Å². The highest BCUT2D eigenvalue weighted by Gasteiger charge is 2.25. The summed E-state index contributed by atoms with van der Waals surface area (Å²) >= 11 is 0. The van der Waals surface area contributed by atoms with Crippen molar-refractivity contribution in [1.29, 1.82) is 0 Å². The summed E-state index contributed by atoms with van der Waals surface area (Å²) in [6.45, 7) is 14.1. The summed E-state index contributed by atoms with van der Waals surface area (Å²) in [6, 6.07) is 27.5. The number of benzene rings is 4. The molecule has 0 aromatic heterocycles. The number of hydrogen-bond acceptors (Lipinski definition) is 11. The largest absolute Gasteiger partial charge is 0.511 e. The molecule has 13 nitrogen and oxygen atoms in total. The molecule has 0 amide bonds. The predicted molar refractivity (Wildman–Crippen MR) is 238 cm³/mol. The molecule has 2 aliphatic rings. The number of rotatable bonds is 7. The van der Waals surface area contributed by atoms with Gasteiger partial charge < -0.3 is 50.0 Å². The van der Waals surface area contributed by atoms with Gasteiger partial charge in [-0.25, -0.2) is 9.59 Å². The number of carbonyl (C=O) groups is 3. The molecule has 4 aromatic rings. The number of carbonyl (C=O) groups excluding carboxylic acids is 2. The van der Waals surface area contributed by atoms with Crippen molar-refractivity contribution >= 4 is 17.9 Å². The van der Waals surface area contributed by atoms with E-state index in [0.717, 1.165) is 24.7 Å². The lowest BCUT2D eigenvalue weighted by Crippen LogP contribution is -2.18. The summed E-state index contributed by atoms with van der Waals surface area (Å²) in [7, 11) is 2.48. The SMILES string of the molecule is CC.CC.CC.COC(=O)c1ccc(O)cc1O.COC(=O)c1ccc(Oc2ccccc2)cc1O.Cc1ccccc1.O.O=C(O)C1CC=C(OC2=CC=CCC2)C=C1O. The van der Waals surface area contributed by atoms with Crippen molar-refractivity contribution < 1.29 is 64.3 Å². The first-order valence-electron chi connectivity index (χ1n) is 19.5. The van der Waals surface area contributed by atoms with Gasteiger partial charge in [-0.15, -0.1) is 0 Å². The lowest BCUT2D eigenvalue weighted by molar-refractivity contribution is -0.141. The average molecular weight is 847 g/mol. The molecule has 0 radical (unpaired) electrons. The Hall–Kier alpha value is -6.99. The molecule has 2 aliphatic carbocycles. The molecule has 0 saturated heterocycles. The number of phenols is 3. The van der Waals surface area contributed by atoms with Crippen LogP contribution in [0.15, 0.2) is 145 Å². The normalized spacial score (nSPS) is 12.6. The van der Waals surface area contributed by atoms with Gasteiger partial charge in [-0.05, 0) is 68.3 Å². The number of aromatic hydroxyl groups is 3. The quantitative estimate of drug-likeness (QED) is 0.110. The van der Waals surface area contributed by atoms with Crippen molar-refractivity contribution in [2.75, 3.05) is 14.2 Å². The van der Waals surface area contributed by atoms with Crippen LogP contribution in [-0.4, -0.2) is 63.1 Å². The molecule has 7 N–H and O–H groups in total. The summed E-state index contributed by atoms with van der Waals surface area (Å²) in [4.78, 5) is 32.9. The Bertz CT molecular complexity index is 1980. The third-order valence-corrected chi connectivity index (χ3v) is 7.41. The number of esters is 2. The molecule has 0 saturated carbocycles. The third-order valence-electron chi connectivity index (χ3n) is 7.41. The molecule has 1 atom stereocenters. The molecular formula is C48H62O13.